The summed E-state index contributed by atoms with van der Waals surface area (Å²) in [6.45, 7) is 15.0. The standard InChI is InChI=1S/C34H43FN8O6/c1-16-21-15-43(23(16)12-22(21)38-31(45)48-33(3,4)5)29-25-20-10-18(35)11-24(42(9)32(46)49-34(6,7)8)26(20)39-28(25)40-30(41-29)47-19-13-36-27(17(2)44)37-14-19/h10-11,13-14,16-17,21-23,44H,12,15H2,1-9H3,(H,38,45)(H,39,40,41)/t16-,17?,21+,22-,23+/m1/s1. The molecular formula is C34H43FN8O6. The molecule has 262 valence electrons. The third-order valence-electron chi connectivity index (χ3n) is 8.80. The number of hydrogen-bond acceptors (Lipinski definition) is 11. The van der Waals surface area contributed by atoms with E-state index in [1.807, 2.05) is 20.8 Å². The number of piperidine rings is 1. The maximum atomic E-state index is 15.4. The molecule has 15 heteroatoms. The normalized spacial score (nSPS) is 21.2. The van der Waals surface area contributed by atoms with Crippen LogP contribution in [0, 0.1) is 17.7 Å². The minimum absolute atomic E-state index is 0.0103. The van der Waals surface area contributed by atoms with Crippen molar-refractivity contribution in [3.8, 4) is 11.8 Å². The molecule has 4 aromatic rings. The molecule has 1 aliphatic heterocycles. The summed E-state index contributed by atoms with van der Waals surface area (Å²) < 4.78 is 32.5. The Hall–Kier alpha value is -4.79. The molecule has 0 radical (unpaired) electrons. The third-order valence-corrected chi connectivity index (χ3v) is 8.80. The van der Waals surface area contributed by atoms with Crippen LogP contribution < -0.4 is 19.9 Å². The summed E-state index contributed by atoms with van der Waals surface area (Å²) >= 11 is 0. The predicted molar refractivity (Wildman–Crippen MR) is 180 cm³/mol. The van der Waals surface area contributed by atoms with Crippen molar-refractivity contribution in [3.63, 3.8) is 0 Å². The molecule has 5 atom stereocenters. The van der Waals surface area contributed by atoms with Gasteiger partial charge in [-0.05, 0) is 72.9 Å². The van der Waals surface area contributed by atoms with E-state index in [2.05, 4.69) is 37.1 Å². The molecule has 2 fully saturated rings. The summed E-state index contributed by atoms with van der Waals surface area (Å²) in [7, 11) is 1.52. The Bertz CT molecular complexity index is 1900. The Kier molecular flexibility index (Phi) is 8.54. The van der Waals surface area contributed by atoms with Gasteiger partial charge in [-0.2, -0.15) is 9.97 Å². The second-order valence-electron chi connectivity index (χ2n) is 14.9. The van der Waals surface area contributed by atoms with Crippen molar-refractivity contribution in [1.29, 1.82) is 0 Å². The van der Waals surface area contributed by atoms with Crippen LogP contribution >= 0.6 is 0 Å². The second kappa shape index (κ2) is 12.3. The molecule has 3 N–H and O–H groups in total. The number of aromatic amines is 1. The minimum Gasteiger partial charge on any atom is -0.444 e. The van der Waals surface area contributed by atoms with Gasteiger partial charge >= 0.3 is 18.2 Å². The Morgan fingerprint density at radius 1 is 1.10 bits per heavy atom. The number of amides is 2. The molecule has 4 heterocycles. The molecule has 1 saturated carbocycles. The van der Waals surface area contributed by atoms with Crippen molar-refractivity contribution in [2.24, 2.45) is 11.8 Å². The van der Waals surface area contributed by atoms with Crippen molar-refractivity contribution in [2.45, 2.75) is 91.2 Å². The molecule has 1 unspecified atom stereocenters. The van der Waals surface area contributed by atoms with Crippen LogP contribution in [0.5, 0.6) is 11.8 Å². The Labute approximate surface area is 283 Å². The maximum Gasteiger partial charge on any atom is 0.414 e. The van der Waals surface area contributed by atoms with Crippen molar-refractivity contribution in [2.75, 3.05) is 23.4 Å². The zero-order chi connectivity index (χ0) is 35.6. The number of ether oxygens (including phenoxy) is 3. The topological polar surface area (TPSA) is 168 Å². The number of nitrogens with one attached hydrogen (secondary N) is 2. The highest BCUT2D eigenvalue weighted by molar-refractivity contribution is 6.16. The van der Waals surface area contributed by atoms with Gasteiger partial charge in [0.25, 0.3) is 0 Å². The lowest BCUT2D eigenvalue weighted by atomic mass is 9.97. The van der Waals surface area contributed by atoms with E-state index in [4.69, 9.17) is 19.2 Å². The van der Waals surface area contributed by atoms with E-state index >= 15 is 4.39 Å². The Balaban J connectivity index is 1.43. The highest BCUT2D eigenvalue weighted by atomic mass is 19.1. The highest BCUT2D eigenvalue weighted by Gasteiger charge is 2.52. The van der Waals surface area contributed by atoms with Crippen LogP contribution in [0.4, 0.5) is 25.5 Å². The first-order chi connectivity index (χ1) is 22.9. The molecule has 49 heavy (non-hydrogen) atoms. The lowest BCUT2D eigenvalue weighted by molar-refractivity contribution is 0.0488. The van der Waals surface area contributed by atoms with E-state index in [1.165, 1.54) is 36.5 Å². The van der Waals surface area contributed by atoms with E-state index < -0.39 is 35.3 Å². The second-order valence-corrected chi connectivity index (χ2v) is 14.9. The molecule has 14 nitrogen and oxygen atoms in total. The van der Waals surface area contributed by atoms with Gasteiger partial charge in [-0.15, -0.1) is 0 Å². The fraction of sp³-hybridized carbons (Fsp3) is 0.529. The van der Waals surface area contributed by atoms with E-state index in [1.54, 1.807) is 27.7 Å². The van der Waals surface area contributed by atoms with Gasteiger partial charge in [0.15, 0.2) is 11.6 Å². The minimum atomic E-state index is -0.853. The summed E-state index contributed by atoms with van der Waals surface area (Å²) in [5, 5.41) is 13.9. The number of halogens is 1. The molecule has 2 bridgehead atoms. The summed E-state index contributed by atoms with van der Waals surface area (Å²) in [4.78, 5) is 50.3. The zero-order valence-corrected chi connectivity index (χ0v) is 29.2. The number of nitrogens with zero attached hydrogens (tertiary/aromatic N) is 6. The van der Waals surface area contributed by atoms with Gasteiger partial charge in [0, 0.05) is 37.0 Å². The number of aromatic nitrogens is 5. The number of hydrogen-bond donors (Lipinski definition) is 3. The van der Waals surface area contributed by atoms with Crippen LogP contribution in [0.3, 0.4) is 0 Å². The van der Waals surface area contributed by atoms with Gasteiger partial charge in [0.2, 0.25) is 0 Å². The number of alkyl carbamates (subject to hydrolysis) is 1. The summed E-state index contributed by atoms with van der Waals surface area (Å²) in [6, 6.07) is 2.52. The number of H-pyrrole nitrogens is 1. The maximum absolute atomic E-state index is 15.4. The number of carbonyl (C=O) groups is 2. The molecular weight excluding hydrogens is 635 g/mol. The van der Waals surface area contributed by atoms with Gasteiger partial charge in [-0.3, -0.25) is 4.90 Å². The fourth-order valence-corrected chi connectivity index (χ4v) is 6.69. The average Bonchev–Trinajstić information content (AvgIpc) is 3.61. The first-order valence-electron chi connectivity index (χ1n) is 16.3. The number of fused-ring (bicyclic) bond motifs is 5. The van der Waals surface area contributed by atoms with Crippen molar-refractivity contribution >= 4 is 45.6 Å². The highest BCUT2D eigenvalue weighted by Crippen LogP contribution is 2.48. The summed E-state index contributed by atoms with van der Waals surface area (Å²) in [5.41, 5.74) is -0.299. The number of aliphatic hydroxyl groups is 1. The first-order valence-corrected chi connectivity index (χ1v) is 16.3. The van der Waals surface area contributed by atoms with Gasteiger partial charge in [0.1, 0.15) is 34.6 Å². The van der Waals surface area contributed by atoms with E-state index in [0.29, 0.717) is 40.7 Å². The fourth-order valence-electron chi connectivity index (χ4n) is 6.69. The molecule has 0 spiro atoms. The van der Waals surface area contributed by atoms with Gasteiger partial charge in [0.05, 0.1) is 29.0 Å². The molecule has 3 aromatic heterocycles. The van der Waals surface area contributed by atoms with Crippen LogP contribution in [-0.2, 0) is 9.47 Å². The van der Waals surface area contributed by atoms with Crippen molar-refractivity contribution in [3.05, 3.63) is 36.2 Å². The number of carbonyl (C=O) groups excluding carboxylic acids is 2. The largest absolute Gasteiger partial charge is 0.444 e. The van der Waals surface area contributed by atoms with Gasteiger partial charge < -0.3 is 34.5 Å². The molecule has 2 aliphatic rings. The van der Waals surface area contributed by atoms with E-state index in [-0.39, 0.29) is 47.2 Å². The molecule has 1 saturated heterocycles. The van der Waals surface area contributed by atoms with Crippen LogP contribution in [0.1, 0.15) is 73.7 Å². The number of benzene rings is 1. The number of aliphatic hydroxyl groups excluding tert-OH is 1. The van der Waals surface area contributed by atoms with Crippen LogP contribution in [0.15, 0.2) is 24.5 Å². The lowest BCUT2D eigenvalue weighted by Crippen LogP contribution is -2.47. The lowest BCUT2D eigenvalue weighted by Gasteiger charge is -2.33. The smallest absolute Gasteiger partial charge is 0.414 e. The molecule has 2 amide bonds. The third kappa shape index (κ3) is 6.89. The Morgan fingerprint density at radius 2 is 1.78 bits per heavy atom. The monoisotopic (exact) mass is 678 g/mol. The zero-order valence-electron chi connectivity index (χ0n) is 29.2. The molecule has 1 aromatic carbocycles. The number of anilines is 2. The van der Waals surface area contributed by atoms with E-state index in [0.717, 1.165) is 0 Å². The SMILES string of the molecule is CC(O)c1ncc(Oc2nc(N3C[C@H]4[C@@H](C)[C@@H]3C[C@H]4NC(=O)OC(C)(C)C)c3c(n2)[nH]c2c(N(C)C(=O)OC(C)(C)C)cc(F)cc23)cn1. The number of rotatable bonds is 6. The molecule has 6 rings (SSSR count). The van der Waals surface area contributed by atoms with Gasteiger partial charge in [-0.1, -0.05) is 6.92 Å². The summed E-state index contributed by atoms with van der Waals surface area (Å²) in [5.74, 6) is 0.716. The molecule has 1 aliphatic carbocycles. The van der Waals surface area contributed by atoms with Crippen LogP contribution in [0.2, 0.25) is 0 Å². The van der Waals surface area contributed by atoms with Crippen LogP contribution in [-0.4, -0.2) is 79.1 Å². The average molecular weight is 679 g/mol. The quantitative estimate of drug-likeness (QED) is 0.219. The van der Waals surface area contributed by atoms with Crippen LogP contribution in [0.25, 0.3) is 21.9 Å². The first kappa shape index (κ1) is 34.1. The van der Waals surface area contributed by atoms with Crippen molar-refractivity contribution in [1.82, 2.24) is 30.2 Å². The van der Waals surface area contributed by atoms with Gasteiger partial charge in [-0.25, -0.2) is 23.9 Å². The van der Waals surface area contributed by atoms with Crippen molar-refractivity contribution < 1.29 is 33.3 Å². The predicted octanol–water partition coefficient (Wildman–Crippen LogP) is 6.00. The Morgan fingerprint density at radius 3 is 2.37 bits per heavy atom. The van der Waals surface area contributed by atoms with E-state index in [9.17, 15) is 14.7 Å². The summed E-state index contributed by atoms with van der Waals surface area (Å²) in [6.07, 6.45) is 1.52.